The first-order valence-electron chi connectivity index (χ1n) is 6.50. The van der Waals surface area contributed by atoms with Crippen LogP contribution in [0.5, 0.6) is 11.5 Å². The number of phenolic OH excluding ortho intramolecular Hbond substituents is 1. The standard InChI is InChI=1S/C16H17N3O2/c1-11-4-6-13(9-17)16(18-11)19(2)10-12-5-7-15(21-3)14(20)8-12/h4-8,20H,10H2,1-3H3. The zero-order valence-corrected chi connectivity index (χ0v) is 12.3. The Morgan fingerprint density at radius 1 is 1.33 bits per heavy atom. The van der Waals surface area contributed by atoms with Crippen molar-refractivity contribution in [1.82, 2.24) is 4.98 Å². The second-order valence-corrected chi connectivity index (χ2v) is 4.80. The number of aromatic nitrogens is 1. The lowest BCUT2D eigenvalue weighted by atomic mass is 10.1. The zero-order valence-electron chi connectivity index (χ0n) is 12.3. The molecule has 0 bridgehead atoms. The van der Waals surface area contributed by atoms with Gasteiger partial charge in [-0.1, -0.05) is 6.07 Å². The van der Waals surface area contributed by atoms with Crippen LogP contribution in [-0.4, -0.2) is 24.2 Å². The number of ether oxygens (including phenoxy) is 1. The molecule has 0 atom stereocenters. The Kier molecular flexibility index (Phi) is 4.29. The van der Waals surface area contributed by atoms with Crippen LogP contribution >= 0.6 is 0 Å². The molecule has 1 aromatic carbocycles. The molecule has 21 heavy (non-hydrogen) atoms. The molecule has 0 aliphatic heterocycles. The van der Waals surface area contributed by atoms with Crippen molar-refractivity contribution in [3.8, 4) is 17.6 Å². The van der Waals surface area contributed by atoms with Crippen molar-refractivity contribution in [2.75, 3.05) is 19.1 Å². The van der Waals surface area contributed by atoms with Gasteiger partial charge in [-0.05, 0) is 36.8 Å². The van der Waals surface area contributed by atoms with Gasteiger partial charge in [-0.25, -0.2) is 4.98 Å². The second kappa shape index (κ2) is 6.14. The number of benzene rings is 1. The Balaban J connectivity index is 2.26. The molecule has 108 valence electrons. The maximum atomic E-state index is 9.81. The maximum absolute atomic E-state index is 9.81. The smallest absolute Gasteiger partial charge is 0.160 e. The van der Waals surface area contributed by atoms with Gasteiger partial charge in [-0.3, -0.25) is 0 Å². The van der Waals surface area contributed by atoms with Gasteiger partial charge in [0.1, 0.15) is 11.9 Å². The highest BCUT2D eigenvalue weighted by atomic mass is 16.5. The molecule has 1 aromatic heterocycles. The third kappa shape index (κ3) is 3.23. The van der Waals surface area contributed by atoms with Gasteiger partial charge in [0, 0.05) is 19.3 Å². The lowest BCUT2D eigenvalue weighted by Crippen LogP contribution is -2.19. The minimum atomic E-state index is 0.0982. The average Bonchev–Trinajstić information content (AvgIpc) is 2.47. The fourth-order valence-corrected chi connectivity index (χ4v) is 2.10. The topological polar surface area (TPSA) is 69.4 Å². The predicted molar refractivity (Wildman–Crippen MR) is 80.5 cm³/mol. The quantitative estimate of drug-likeness (QED) is 0.934. The molecule has 0 saturated heterocycles. The van der Waals surface area contributed by atoms with Crippen LogP contribution in [0, 0.1) is 18.3 Å². The molecule has 1 heterocycles. The minimum absolute atomic E-state index is 0.0982. The molecule has 0 aliphatic rings. The third-order valence-electron chi connectivity index (χ3n) is 3.16. The summed E-state index contributed by atoms with van der Waals surface area (Å²) >= 11 is 0. The van der Waals surface area contributed by atoms with Gasteiger partial charge in [-0.15, -0.1) is 0 Å². The fourth-order valence-electron chi connectivity index (χ4n) is 2.10. The lowest BCUT2D eigenvalue weighted by Gasteiger charge is -2.20. The molecule has 5 nitrogen and oxygen atoms in total. The van der Waals surface area contributed by atoms with E-state index in [2.05, 4.69) is 11.1 Å². The fraction of sp³-hybridized carbons (Fsp3) is 0.250. The van der Waals surface area contributed by atoms with Crippen molar-refractivity contribution in [3.63, 3.8) is 0 Å². The number of aryl methyl sites for hydroxylation is 1. The molecule has 0 saturated carbocycles. The molecule has 2 aromatic rings. The van der Waals surface area contributed by atoms with E-state index in [1.807, 2.05) is 31.0 Å². The number of methoxy groups -OCH3 is 1. The van der Waals surface area contributed by atoms with E-state index in [-0.39, 0.29) is 5.75 Å². The normalized spacial score (nSPS) is 10.0. The summed E-state index contributed by atoms with van der Waals surface area (Å²) in [5.41, 5.74) is 2.29. The Hall–Kier alpha value is -2.74. The van der Waals surface area contributed by atoms with Crippen LogP contribution in [0.25, 0.3) is 0 Å². The molecular weight excluding hydrogens is 266 g/mol. The van der Waals surface area contributed by atoms with Crippen molar-refractivity contribution >= 4 is 5.82 Å². The predicted octanol–water partition coefficient (Wildman–Crippen LogP) is 2.61. The van der Waals surface area contributed by atoms with Crippen LogP contribution in [0.1, 0.15) is 16.8 Å². The first-order chi connectivity index (χ1) is 10.0. The summed E-state index contributed by atoms with van der Waals surface area (Å²) in [4.78, 5) is 6.29. The van der Waals surface area contributed by atoms with Gasteiger partial charge in [0.25, 0.3) is 0 Å². The largest absolute Gasteiger partial charge is 0.504 e. The summed E-state index contributed by atoms with van der Waals surface area (Å²) in [6.45, 7) is 2.42. The van der Waals surface area contributed by atoms with Crippen molar-refractivity contribution in [2.45, 2.75) is 13.5 Å². The molecule has 0 unspecified atom stereocenters. The Morgan fingerprint density at radius 3 is 2.71 bits per heavy atom. The molecule has 0 spiro atoms. The van der Waals surface area contributed by atoms with Crippen molar-refractivity contribution < 1.29 is 9.84 Å². The summed E-state index contributed by atoms with van der Waals surface area (Å²) in [6, 6.07) is 11.0. The lowest BCUT2D eigenvalue weighted by molar-refractivity contribution is 0.373. The van der Waals surface area contributed by atoms with Gasteiger partial charge < -0.3 is 14.7 Å². The number of rotatable bonds is 4. The van der Waals surface area contributed by atoms with Gasteiger partial charge in [0.15, 0.2) is 11.5 Å². The number of nitriles is 1. The zero-order chi connectivity index (χ0) is 15.4. The summed E-state index contributed by atoms with van der Waals surface area (Å²) in [5, 5.41) is 19.0. The van der Waals surface area contributed by atoms with Crippen molar-refractivity contribution in [2.24, 2.45) is 0 Å². The van der Waals surface area contributed by atoms with Gasteiger partial charge in [0.05, 0.1) is 12.7 Å². The molecule has 0 radical (unpaired) electrons. The van der Waals surface area contributed by atoms with Crippen LogP contribution in [0.3, 0.4) is 0 Å². The molecule has 0 amide bonds. The van der Waals surface area contributed by atoms with E-state index < -0.39 is 0 Å². The maximum Gasteiger partial charge on any atom is 0.160 e. The first kappa shape index (κ1) is 14.7. The highest BCUT2D eigenvalue weighted by Crippen LogP contribution is 2.27. The SMILES string of the molecule is COc1ccc(CN(C)c2nc(C)ccc2C#N)cc1O. The van der Waals surface area contributed by atoms with Crippen LogP contribution in [0.15, 0.2) is 30.3 Å². The molecule has 0 fully saturated rings. The number of pyridine rings is 1. The van der Waals surface area contributed by atoms with E-state index in [0.29, 0.717) is 23.7 Å². The van der Waals surface area contributed by atoms with Gasteiger partial charge in [-0.2, -0.15) is 5.26 Å². The molecule has 2 rings (SSSR count). The van der Waals surface area contributed by atoms with Crippen LogP contribution in [0.2, 0.25) is 0 Å². The van der Waals surface area contributed by atoms with Crippen LogP contribution in [0.4, 0.5) is 5.82 Å². The monoisotopic (exact) mass is 283 g/mol. The summed E-state index contributed by atoms with van der Waals surface area (Å²) in [5.74, 6) is 1.17. The van der Waals surface area contributed by atoms with E-state index in [0.717, 1.165) is 11.3 Å². The highest BCUT2D eigenvalue weighted by molar-refractivity contribution is 5.54. The van der Waals surface area contributed by atoms with E-state index in [9.17, 15) is 5.11 Å². The van der Waals surface area contributed by atoms with Gasteiger partial charge in [0.2, 0.25) is 0 Å². The number of phenols is 1. The number of anilines is 1. The van der Waals surface area contributed by atoms with Crippen LogP contribution in [-0.2, 0) is 6.54 Å². The molecular formula is C16H17N3O2. The first-order valence-corrected chi connectivity index (χ1v) is 6.50. The highest BCUT2D eigenvalue weighted by Gasteiger charge is 2.11. The number of hydrogen-bond donors (Lipinski definition) is 1. The van der Waals surface area contributed by atoms with E-state index in [4.69, 9.17) is 10.00 Å². The van der Waals surface area contributed by atoms with E-state index >= 15 is 0 Å². The number of nitrogens with zero attached hydrogens (tertiary/aromatic N) is 3. The third-order valence-corrected chi connectivity index (χ3v) is 3.16. The summed E-state index contributed by atoms with van der Waals surface area (Å²) in [7, 11) is 3.38. The summed E-state index contributed by atoms with van der Waals surface area (Å²) in [6.07, 6.45) is 0. The minimum Gasteiger partial charge on any atom is -0.504 e. The van der Waals surface area contributed by atoms with E-state index in [1.165, 1.54) is 7.11 Å². The Bertz CT molecular complexity index is 692. The van der Waals surface area contributed by atoms with Crippen LogP contribution < -0.4 is 9.64 Å². The molecule has 5 heteroatoms. The van der Waals surface area contributed by atoms with E-state index in [1.54, 1.807) is 18.2 Å². The van der Waals surface area contributed by atoms with Crippen molar-refractivity contribution in [3.05, 3.63) is 47.2 Å². The molecule has 0 aliphatic carbocycles. The summed E-state index contributed by atoms with van der Waals surface area (Å²) < 4.78 is 5.02. The second-order valence-electron chi connectivity index (χ2n) is 4.80. The Morgan fingerprint density at radius 2 is 2.10 bits per heavy atom. The number of aromatic hydroxyl groups is 1. The average molecular weight is 283 g/mol. The Labute approximate surface area is 124 Å². The van der Waals surface area contributed by atoms with Gasteiger partial charge >= 0.3 is 0 Å². The number of hydrogen-bond acceptors (Lipinski definition) is 5. The molecule has 1 N–H and O–H groups in total. The van der Waals surface area contributed by atoms with Crippen molar-refractivity contribution in [1.29, 1.82) is 5.26 Å².